The largest absolute Gasteiger partial charge is 0.330 e. The van der Waals surface area contributed by atoms with E-state index in [0.717, 1.165) is 13.0 Å². The number of nitrogens with two attached hydrogens (primary N) is 1. The molecule has 0 aliphatic heterocycles. The van der Waals surface area contributed by atoms with Crippen LogP contribution in [0.2, 0.25) is 0 Å². The van der Waals surface area contributed by atoms with Gasteiger partial charge in [-0.15, -0.1) is 37.2 Å². The summed E-state index contributed by atoms with van der Waals surface area (Å²) >= 11 is 0. The molecule has 4 heteroatoms. The Morgan fingerprint density at radius 3 is 1.29 bits per heavy atom. The molecule has 0 aliphatic carbocycles. The summed E-state index contributed by atoms with van der Waals surface area (Å²) in [5.74, 6) is 0. The molecule has 0 aromatic carbocycles. The van der Waals surface area contributed by atoms with Crippen LogP contribution < -0.4 is 5.73 Å². The molecule has 0 aromatic rings. The molecule has 0 fully saturated rings. The predicted molar refractivity (Wildman–Crippen MR) is 41.1 cm³/mol. The van der Waals surface area contributed by atoms with Gasteiger partial charge in [0.15, 0.2) is 0 Å². The summed E-state index contributed by atoms with van der Waals surface area (Å²) < 4.78 is 0. The van der Waals surface area contributed by atoms with Crippen molar-refractivity contribution in [2.24, 2.45) is 5.73 Å². The molecule has 0 saturated carbocycles. The number of rotatable bonds is 1. The molecule has 1 nitrogen and oxygen atoms in total. The van der Waals surface area contributed by atoms with Gasteiger partial charge in [0.05, 0.1) is 0 Å². The van der Waals surface area contributed by atoms with Crippen molar-refractivity contribution in [1.29, 1.82) is 0 Å². The SMILES string of the molecule is CCCN.Cl.Cl.Cl. The quantitative estimate of drug-likeness (QED) is 0.633. The van der Waals surface area contributed by atoms with Crippen molar-refractivity contribution < 1.29 is 0 Å². The average Bonchev–Trinajstić information content (AvgIpc) is 1.37. The van der Waals surface area contributed by atoms with E-state index in [0.29, 0.717) is 0 Å². The van der Waals surface area contributed by atoms with Crippen LogP contribution in [0.3, 0.4) is 0 Å². The highest BCUT2D eigenvalue weighted by Crippen LogP contribution is 1.57. The Labute approximate surface area is 63.3 Å². The molecule has 0 aromatic heterocycles. The lowest BCUT2D eigenvalue weighted by Crippen LogP contribution is -1.93. The van der Waals surface area contributed by atoms with Crippen LogP contribution in [-0.2, 0) is 0 Å². The van der Waals surface area contributed by atoms with Gasteiger partial charge in [-0.3, -0.25) is 0 Å². The molecule has 0 bridgehead atoms. The van der Waals surface area contributed by atoms with Gasteiger partial charge in [0.2, 0.25) is 0 Å². The molecule has 0 spiro atoms. The zero-order valence-corrected chi connectivity index (χ0v) is 6.67. The molecule has 0 saturated heterocycles. The molecule has 0 atom stereocenters. The smallest absolute Gasteiger partial charge is 0.00799 e. The molecule has 7 heavy (non-hydrogen) atoms. The molecule has 0 rings (SSSR count). The maximum Gasteiger partial charge on any atom is -0.00799 e. The van der Waals surface area contributed by atoms with E-state index in [2.05, 4.69) is 6.92 Å². The van der Waals surface area contributed by atoms with Crippen LogP contribution in [0.1, 0.15) is 13.3 Å². The monoisotopic (exact) mass is 167 g/mol. The van der Waals surface area contributed by atoms with Gasteiger partial charge in [-0.25, -0.2) is 0 Å². The predicted octanol–water partition coefficient (Wildman–Crippen LogP) is 1.62. The van der Waals surface area contributed by atoms with E-state index >= 15 is 0 Å². The van der Waals surface area contributed by atoms with Gasteiger partial charge >= 0.3 is 0 Å². The molecule has 0 aliphatic rings. The van der Waals surface area contributed by atoms with Crippen LogP contribution >= 0.6 is 37.2 Å². The van der Waals surface area contributed by atoms with Crippen molar-refractivity contribution in [3.63, 3.8) is 0 Å². The van der Waals surface area contributed by atoms with E-state index in [-0.39, 0.29) is 37.2 Å². The Morgan fingerprint density at radius 1 is 1.14 bits per heavy atom. The average molecular weight is 168 g/mol. The van der Waals surface area contributed by atoms with Gasteiger partial charge in [-0.05, 0) is 13.0 Å². The maximum absolute atomic E-state index is 5.03. The van der Waals surface area contributed by atoms with Crippen molar-refractivity contribution in [2.75, 3.05) is 6.54 Å². The third-order valence-electron chi connectivity index (χ3n) is 0.289. The van der Waals surface area contributed by atoms with Crippen LogP contribution in [-0.4, -0.2) is 6.54 Å². The van der Waals surface area contributed by atoms with Gasteiger partial charge in [0.1, 0.15) is 0 Å². The standard InChI is InChI=1S/C3H9N.3ClH/c1-2-3-4;;;/h2-4H2,1H3;3*1H. The van der Waals surface area contributed by atoms with Gasteiger partial charge in [0, 0.05) is 0 Å². The zero-order chi connectivity index (χ0) is 3.41. The highest BCUT2D eigenvalue weighted by Gasteiger charge is 1.55. The van der Waals surface area contributed by atoms with Crippen molar-refractivity contribution in [3.05, 3.63) is 0 Å². The Bertz CT molecular complexity index is 12.1. The van der Waals surface area contributed by atoms with Gasteiger partial charge in [0.25, 0.3) is 0 Å². The first-order valence-electron chi connectivity index (χ1n) is 1.62. The molecule has 0 heterocycles. The minimum Gasteiger partial charge on any atom is -0.330 e. The summed E-state index contributed by atoms with van der Waals surface area (Å²) in [4.78, 5) is 0. The fraction of sp³-hybridized carbons (Fsp3) is 1.00. The minimum absolute atomic E-state index is 0. The number of hydrogen-bond donors (Lipinski definition) is 1. The van der Waals surface area contributed by atoms with Crippen LogP contribution in [0.25, 0.3) is 0 Å². The van der Waals surface area contributed by atoms with Gasteiger partial charge in [-0.1, -0.05) is 6.92 Å². The highest BCUT2D eigenvalue weighted by atomic mass is 35.5. The van der Waals surface area contributed by atoms with Crippen LogP contribution in [0.15, 0.2) is 0 Å². The first-order valence-corrected chi connectivity index (χ1v) is 1.62. The first-order chi connectivity index (χ1) is 1.91. The van der Waals surface area contributed by atoms with E-state index in [1.807, 2.05) is 0 Å². The van der Waals surface area contributed by atoms with E-state index in [9.17, 15) is 0 Å². The van der Waals surface area contributed by atoms with E-state index in [1.54, 1.807) is 0 Å². The van der Waals surface area contributed by atoms with Gasteiger partial charge < -0.3 is 5.73 Å². The summed E-state index contributed by atoms with van der Waals surface area (Å²) in [5.41, 5.74) is 5.03. The Hall–Kier alpha value is 0.830. The summed E-state index contributed by atoms with van der Waals surface area (Å²) in [6.07, 6.45) is 1.10. The second-order valence-corrected chi connectivity index (χ2v) is 0.789. The summed E-state index contributed by atoms with van der Waals surface area (Å²) in [6, 6.07) is 0. The van der Waals surface area contributed by atoms with Crippen LogP contribution in [0.4, 0.5) is 0 Å². The molecular weight excluding hydrogens is 156 g/mol. The third-order valence-corrected chi connectivity index (χ3v) is 0.289. The minimum atomic E-state index is 0. The second-order valence-electron chi connectivity index (χ2n) is 0.789. The van der Waals surface area contributed by atoms with Crippen molar-refractivity contribution >= 4 is 37.2 Å². The lowest BCUT2D eigenvalue weighted by atomic mass is 10.5. The molecular formula is C3H12Cl3N. The molecule has 50 valence electrons. The fourth-order valence-electron chi connectivity index (χ4n) is 0. The lowest BCUT2D eigenvalue weighted by Gasteiger charge is -1.70. The molecule has 0 radical (unpaired) electrons. The van der Waals surface area contributed by atoms with E-state index in [4.69, 9.17) is 5.73 Å². The summed E-state index contributed by atoms with van der Waals surface area (Å²) in [7, 11) is 0. The number of halogens is 3. The molecule has 0 unspecified atom stereocenters. The van der Waals surface area contributed by atoms with E-state index < -0.39 is 0 Å². The Balaban J connectivity index is -0.0000000150. The van der Waals surface area contributed by atoms with E-state index in [1.165, 1.54) is 0 Å². The van der Waals surface area contributed by atoms with Gasteiger partial charge in [-0.2, -0.15) is 0 Å². The highest BCUT2D eigenvalue weighted by molar-refractivity contribution is 5.86. The third kappa shape index (κ3) is 47.6. The Morgan fingerprint density at radius 2 is 1.29 bits per heavy atom. The lowest BCUT2D eigenvalue weighted by molar-refractivity contribution is 0.932. The maximum atomic E-state index is 5.03. The fourth-order valence-corrected chi connectivity index (χ4v) is 0. The zero-order valence-electron chi connectivity index (χ0n) is 4.22. The first kappa shape index (κ1) is 24.9. The van der Waals surface area contributed by atoms with Crippen LogP contribution in [0, 0.1) is 0 Å². The molecule has 2 N–H and O–H groups in total. The summed E-state index contributed by atoms with van der Waals surface area (Å²) in [5, 5.41) is 0. The normalized spacial score (nSPS) is 4.29. The second kappa shape index (κ2) is 29.0. The topological polar surface area (TPSA) is 26.0 Å². The van der Waals surface area contributed by atoms with Crippen LogP contribution in [0.5, 0.6) is 0 Å². The van der Waals surface area contributed by atoms with Crippen molar-refractivity contribution in [2.45, 2.75) is 13.3 Å². The van der Waals surface area contributed by atoms with Crippen molar-refractivity contribution in [1.82, 2.24) is 0 Å². The Kier molecular flexibility index (Phi) is 103. The van der Waals surface area contributed by atoms with Crippen molar-refractivity contribution in [3.8, 4) is 0 Å². The number of hydrogen-bond acceptors (Lipinski definition) is 1. The molecule has 0 amide bonds. The summed E-state index contributed by atoms with van der Waals surface area (Å²) in [6.45, 7) is 2.88.